The highest BCUT2D eigenvalue weighted by atomic mass is 35.5. The molecule has 2 rings (SSSR count). The predicted molar refractivity (Wildman–Crippen MR) is 74.4 cm³/mol. The monoisotopic (exact) mass is 255 g/mol. The maximum atomic E-state index is 5.75. The van der Waals surface area contributed by atoms with Crippen molar-refractivity contribution in [3.05, 3.63) is 29.3 Å². The maximum Gasteiger partial charge on any atom is 0.119 e. The number of nitrogens with zero attached hydrogens (tertiary/aromatic N) is 1. The zero-order valence-electron chi connectivity index (χ0n) is 10.7. The second-order valence-electron chi connectivity index (χ2n) is 4.79. The molecule has 2 nitrogen and oxygen atoms in total. The minimum Gasteiger partial charge on any atom is -0.494 e. The Morgan fingerprint density at radius 1 is 1.18 bits per heavy atom. The highest BCUT2D eigenvalue weighted by Gasteiger charge is 2.10. The number of benzene rings is 1. The van der Waals surface area contributed by atoms with Crippen molar-refractivity contribution in [3.63, 3.8) is 0 Å². The van der Waals surface area contributed by atoms with Gasteiger partial charge in [-0.15, -0.1) is 12.4 Å². The molecule has 0 spiro atoms. The summed E-state index contributed by atoms with van der Waals surface area (Å²) in [5, 5.41) is 0. The molecule has 1 aliphatic rings. The number of hydrogen-bond donors (Lipinski definition) is 0. The molecular weight excluding hydrogens is 234 g/mol. The van der Waals surface area contributed by atoms with Gasteiger partial charge in [0, 0.05) is 6.54 Å². The summed E-state index contributed by atoms with van der Waals surface area (Å²) in [7, 11) is 4.19. The largest absolute Gasteiger partial charge is 0.494 e. The lowest BCUT2D eigenvalue weighted by atomic mass is 10.1. The van der Waals surface area contributed by atoms with E-state index < -0.39 is 0 Å². The van der Waals surface area contributed by atoms with E-state index in [1.54, 1.807) is 0 Å². The summed E-state index contributed by atoms with van der Waals surface area (Å²) in [6.07, 6.45) is 4.87. The van der Waals surface area contributed by atoms with E-state index in [9.17, 15) is 0 Å². The first-order chi connectivity index (χ1) is 7.75. The van der Waals surface area contributed by atoms with Crippen LogP contribution in [0.4, 0.5) is 0 Å². The van der Waals surface area contributed by atoms with Gasteiger partial charge in [0.1, 0.15) is 5.75 Å². The third-order valence-corrected chi connectivity index (χ3v) is 3.09. The van der Waals surface area contributed by atoms with Crippen LogP contribution in [0.5, 0.6) is 5.75 Å². The Labute approximate surface area is 110 Å². The molecular formula is C14H22ClNO. The number of fused-ring (bicyclic) bond motifs is 1. The highest BCUT2D eigenvalue weighted by molar-refractivity contribution is 5.85. The first-order valence-corrected chi connectivity index (χ1v) is 6.15. The van der Waals surface area contributed by atoms with Crippen molar-refractivity contribution < 1.29 is 4.74 Å². The van der Waals surface area contributed by atoms with Crippen LogP contribution in [0.25, 0.3) is 0 Å². The molecule has 0 saturated heterocycles. The van der Waals surface area contributed by atoms with E-state index >= 15 is 0 Å². The fraction of sp³-hybridized carbons (Fsp3) is 0.571. The van der Waals surface area contributed by atoms with Crippen molar-refractivity contribution >= 4 is 12.4 Å². The number of ether oxygens (including phenoxy) is 1. The fourth-order valence-corrected chi connectivity index (χ4v) is 2.21. The Morgan fingerprint density at radius 3 is 2.71 bits per heavy atom. The molecule has 0 aliphatic heterocycles. The van der Waals surface area contributed by atoms with Gasteiger partial charge in [-0.25, -0.2) is 0 Å². The number of halogens is 1. The Balaban J connectivity index is 0.00000144. The molecule has 1 aromatic carbocycles. The zero-order valence-corrected chi connectivity index (χ0v) is 11.6. The zero-order chi connectivity index (χ0) is 11.4. The summed E-state index contributed by atoms with van der Waals surface area (Å²) >= 11 is 0. The minimum absolute atomic E-state index is 0. The van der Waals surface area contributed by atoms with Crippen LogP contribution in [-0.2, 0) is 12.8 Å². The number of rotatable bonds is 5. The van der Waals surface area contributed by atoms with E-state index in [0.717, 1.165) is 25.3 Å². The normalized spacial score (nSPS) is 13.4. The first-order valence-electron chi connectivity index (χ1n) is 6.15. The molecule has 0 fully saturated rings. The molecule has 1 aliphatic carbocycles. The molecule has 0 aromatic heterocycles. The third kappa shape index (κ3) is 4.21. The van der Waals surface area contributed by atoms with Crippen LogP contribution >= 0.6 is 12.4 Å². The van der Waals surface area contributed by atoms with Crippen LogP contribution in [0.15, 0.2) is 18.2 Å². The van der Waals surface area contributed by atoms with Gasteiger partial charge < -0.3 is 9.64 Å². The maximum absolute atomic E-state index is 5.75. The second-order valence-corrected chi connectivity index (χ2v) is 4.79. The van der Waals surface area contributed by atoms with Crippen molar-refractivity contribution in [2.24, 2.45) is 0 Å². The SMILES string of the molecule is CN(C)CCCOc1ccc2c(c1)CCC2.Cl. The lowest BCUT2D eigenvalue weighted by molar-refractivity contribution is 0.281. The summed E-state index contributed by atoms with van der Waals surface area (Å²) in [6.45, 7) is 1.90. The van der Waals surface area contributed by atoms with E-state index in [0.29, 0.717) is 0 Å². The van der Waals surface area contributed by atoms with Crippen molar-refractivity contribution in [2.75, 3.05) is 27.2 Å². The van der Waals surface area contributed by atoms with Crippen molar-refractivity contribution in [1.29, 1.82) is 0 Å². The Kier molecular flexibility index (Phi) is 5.79. The van der Waals surface area contributed by atoms with E-state index in [1.165, 1.54) is 30.4 Å². The van der Waals surface area contributed by atoms with Gasteiger partial charge in [-0.1, -0.05) is 6.07 Å². The minimum atomic E-state index is 0. The summed E-state index contributed by atoms with van der Waals surface area (Å²) in [5.74, 6) is 1.04. The van der Waals surface area contributed by atoms with Crippen LogP contribution in [0.3, 0.4) is 0 Å². The van der Waals surface area contributed by atoms with Crippen LogP contribution in [-0.4, -0.2) is 32.1 Å². The standard InChI is InChI=1S/C14H21NO.ClH/c1-15(2)9-4-10-16-14-8-7-12-5-3-6-13(12)11-14;/h7-8,11H,3-6,9-10H2,1-2H3;1H. The lowest BCUT2D eigenvalue weighted by Crippen LogP contribution is -2.15. The second kappa shape index (κ2) is 6.87. The molecule has 0 N–H and O–H groups in total. The molecule has 0 saturated carbocycles. The van der Waals surface area contributed by atoms with E-state index in [4.69, 9.17) is 4.74 Å². The molecule has 1 aromatic rings. The van der Waals surface area contributed by atoms with E-state index in [2.05, 4.69) is 37.2 Å². The number of hydrogen-bond acceptors (Lipinski definition) is 2. The van der Waals surface area contributed by atoms with Gasteiger partial charge in [0.2, 0.25) is 0 Å². The fourth-order valence-electron chi connectivity index (χ4n) is 2.21. The summed E-state index contributed by atoms with van der Waals surface area (Å²) < 4.78 is 5.75. The molecule has 0 heterocycles. The Bertz CT molecular complexity index is 352. The Morgan fingerprint density at radius 2 is 1.94 bits per heavy atom. The molecule has 3 heteroatoms. The molecule has 0 bridgehead atoms. The lowest BCUT2D eigenvalue weighted by Gasteiger charge is -2.11. The summed E-state index contributed by atoms with van der Waals surface area (Å²) in [4.78, 5) is 2.19. The molecule has 0 amide bonds. The molecule has 0 unspecified atom stereocenters. The van der Waals surface area contributed by atoms with Gasteiger partial charge in [-0.3, -0.25) is 0 Å². The topological polar surface area (TPSA) is 12.5 Å². The molecule has 0 atom stereocenters. The molecule has 17 heavy (non-hydrogen) atoms. The number of aryl methyl sites for hydroxylation is 2. The average molecular weight is 256 g/mol. The average Bonchev–Trinajstić information content (AvgIpc) is 2.71. The van der Waals surface area contributed by atoms with Crippen molar-refractivity contribution in [3.8, 4) is 5.75 Å². The smallest absolute Gasteiger partial charge is 0.119 e. The molecule has 96 valence electrons. The van der Waals surface area contributed by atoms with Gasteiger partial charge in [-0.05, 0) is 63.0 Å². The van der Waals surface area contributed by atoms with Gasteiger partial charge in [-0.2, -0.15) is 0 Å². The first kappa shape index (κ1) is 14.3. The van der Waals surface area contributed by atoms with E-state index in [-0.39, 0.29) is 12.4 Å². The Hall–Kier alpha value is -0.730. The summed E-state index contributed by atoms with van der Waals surface area (Å²) in [5.41, 5.74) is 3.01. The molecule has 0 radical (unpaired) electrons. The van der Waals surface area contributed by atoms with Crippen LogP contribution in [0.2, 0.25) is 0 Å². The summed E-state index contributed by atoms with van der Waals surface area (Å²) in [6, 6.07) is 6.56. The van der Waals surface area contributed by atoms with Crippen LogP contribution < -0.4 is 4.74 Å². The van der Waals surface area contributed by atoms with Crippen molar-refractivity contribution in [1.82, 2.24) is 4.90 Å². The highest BCUT2D eigenvalue weighted by Crippen LogP contribution is 2.25. The van der Waals surface area contributed by atoms with E-state index in [1.807, 2.05) is 0 Å². The van der Waals surface area contributed by atoms with Crippen LogP contribution in [0, 0.1) is 0 Å². The van der Waals surface area contributed by atoms with Gasteiger partial charge >= 0.3 is 0 Å². The van der Waals surface area contributed by atoms with Crippen LogP contribution in [0.1, 0.15) is 24.0 Å². The van der Waals surface area contributed by atoms with Gasteiger partial charge in [0.15, 0.2) is 0 Å². The van der Waals surface area contributed by atoms with Gasteiger partial charge in [0.05, 0.1) is 6.61 Å². The predicted octanol–water partition coefficient (Wildman–Crippen LogP) is 2.93. The quantitative estimate of drug-likeness (QED) is 0.751. The van der Waals surface area contributed by atoms with Gasteiger partial charge in [0.25, 0.3) is 0 Å². The third-order valence-electron chi connectivity index (χ3n) is 3.09. The van der Waals surface area contributed by atoms with Crippen molar-refractivity contribution in [2.45, 2.75) is 25.7 Å².